The molecule has 28 heavy (non-hydrogen) atoms. The quantitative estimate of drug-likeness (QED) is 0.560. The second-order valence-electron chi connectivity index (χ2n) is 6.42. The number of nitrogens with zero attached hydrogens (tertiary/aromatic N) is 3. The fourth-order valence-corrected chi connectivity index (χ4v) is 2.95. The lowest BCUT2D eigenvalue weighted by atomic mass is 9.86. The lowest BCUT2D eigenvalue weighted by Gasteiger charge is -2.35. The van der Waals surface area contributed by atoms with E-state index in [4.69, 9.17) is 5.73 Å². The van der Waals surface area contributed by atoms with Gasteiger partial charge >= 0.3 is 0 Å². The van der Waals surface area contributed by atoms with Crippen molar-refractivity contribution in [3.63, 3.8) is 0 Å². The molecule has 0 fully saturated rings. The van der Waals surface area contributed by atoms with Crippen LogP contribution in [0.3, 0.4) is 0 Å². The number of aromatic nitrogens is 3. The van der Waals surface area contributed by atoms with Gasteiger partial charge in [0.15, 0.2) is 0 Å². The number of hydrogen-bond acceptors (Lipinski definition) is 5. The van der Waals surface area contributed by atoms with Crippen LogP contribution in [-0.2, 0) is 12.1 Å². The van der Waals surface area contributed by atoms with Crippen LogP contribution in [0.25, 0.3) is 0 Å². The molecule has 3 rings (SSSR count). The van der Waals surface area contributed by atoms with Crippen LogP contribution in [0.2, 0.25) is 0 Å². The Morgan fingerprint density at radius 2 is 2.07 bits per heavy atom. The summed E-state index contributed by atoms with van der Waals surface area (Å²) in [6.45, 7) is 1.29. The van der Waals surface area contributed by atoms with Gasteiger partial charge in [-0.25, -0.2) is 18.4 Å². The fourth-order valence-electron chi connectivity index (χ4n) is 2.95. The number of benzene rings is 2. The molecule has 146 valence electrons. The summed E-state index contributed by atoms with van der Waals surface area (Å²) in [6.07, 6.45) is 2.60. The highest BCUT2D eigenvalue weighted by atomic mass is 19.1. The van der Waals surface area contributed by atoms with Crippen LogP contribution in [0.1, 0.15) is 22.8 Å². The Labute approximate surface area is 159 Å². The van der Waals surface area contributed by atoms with Gasteiger partial charge in [0.1, 0.15) is 29.9 Å². The monoisotopic (exact) mass is 387 g/mol. The number of nitrogen functional groups attached to an aromatic ring is 1. The molecule has 0 aliphatic carbocycles. The van der Waals surface area contributed by atoms with Crippen molar-refractivity contribution in [3.05, 3.63) is 77.9 Å². The number of halogens is 2. The fraction of sp³-hybridized carbons (Fsp3) is 0.211. The number of anilines is 1. The van der Waals surface area contributed by atoms with Crippen LogP contribution in [-0.4, -0.2) is 31.8 Å². The van der Waals surface area contributed by atoms with Gasteiger partial charge in [-0.2, -0.15) is 5.10 Å². The lowest BCUT2D eigenvalue weighted by molar-refractivity contribution is -0.0186. The minimum Gasteiger partial charge on any atom is -0.398 e. The molecule has 9 heteroatoms. The minimum absolute atomic E-state index is 0.182. The molecule has 4 N–H and O–H groups in total. The predicted octanol–water partition coefficient (Wildman–Crippen LogP) is 1.84. The number of aliphatic hydroxyl groups is 1. The number of para-hydroxylation sites is 1. The predicted molar refractivity (Wildman–Crippen MR) is 98.1 cm³/mol. The number of amides is 1. The molecule has 3 aromatic rings. The van der Waals surface area contributed by atoms with Crippen molar-refractivity contribution in [1.29, 1.82) is 0 Å². The Balaban J connectivity index is 1.96. The zero-order valence-electron chi connectivity index (χ0n) is 15.0. The molecule has 1 amide bonds. The van der Waals surface area contributed by atoms with E-state index >= 15 is 0 Å². The second kappa shape index (κ2) is 7.73. The van der Waals surface area contributed by atoms with E-state index in [1.54, 1.807) is 18.2 Å². The molecule has 0 saturated heterocycles. The van der Waals surface area contributed by atoms with Gasteiger partial charge < -0.3 is 16.2 Å². The van der Waals surface area contributed by atoms with E-state index in [0.717, 1.165) is 12.1 Å². The summed E-state index contributed by atoms with van der Waals surface area (Å²) in [6, 6.07) is 8.30. The normalized spacial score (nSPS) is 14.3. The lowest BCUT2D eigenvalue weighted by Crippen LogP contribution is -2.52. The van der Waals surface area contributed by atoms with Crippen molar-refractivity contribution in [2.75, 3.05) is 5.73 Å². The number of carbonyl (C=O) groups excluding carboxylic acids is 1. The van der Waals surface area contributed by atoms with E-state index in [2.05, 4.69) is 15.4 Å². The van der Waals surface area contributed by atoms with Gasteiger partial charge in [-0.3, -0.25) is 4.79 Å². The Kier molecular flexibility index (Phi) is 5.36. The topological polar surface area (TPSA) is 106 Å². The maximum Gasteiger partial charge on any atom is 0.253 e. The number of rotatable bonds is 6. The Morgan fingerprint density at radius 1 is 1.32 bits per heavy atom. The van der Waals surface area contributed by atoms with Crippen LogP contribution in [0.5, 0.6) is 0 Å². The van der Waals surface area contributed by atoms with Crippen molar-refractivity contribution >= 4 is 11.6 Å². The average molecular weight is 387 g/mol. The third kappa shape index (κ3) is 3.84. The zero-order valence-corrected chi connectivity index (χ0v) is 15.0. The zero-order chi connectivity index (χ0) is 20.3. The van der Waals surface area contributed by atoms with E-state index < -0.39 is 29.2 Å². The van der Waals surface area contributed by atoms with Crippen molar-refractivity contribution in [2.24, 2.45) is 0 Å². The van der Waals surface area contributed by atoms with Gasteiger partial charge in [-0.15, -0.1) is 0 Å². The maximum absolute atomic E-state index is 14.5. The largest absolute Gasteiger partial charge is 0.398 e. The highest BCUT2D eigenvalue weighted by Crippen LogP contribution is 2.30. The molecule has 0 aliphatic rings. The summed E-state index contributed by atoms with van der Waals surface area (Å²) in [5, 5.41) is 17.9. The van der Waals surface area contributed by atoms with Crippen LogP contribution in [0.15, 0.2) is 55.1 Å². The first-order valence-electron chi connectivity index (χ1n) is 8.47. The van der Waals surface area contributed by atoms with Gasteiger partial charge in [0, 0.05) is 17.3 Å². The SMILES string of the molecule is C[C@@H](NC(=O)c1ccccc1N)[C@](O)(Cn1cncn1)c1ccc(F)cc1F. The number of nitrogens with two attached hydrogens (primary N) is 1. The highest BCUT2D eigenvalue weighted by molar-refractivity contribution is 5.99. The van der Waals surface area contributed by atoms with Crippen LogP contribution in [0.4, 0.5) is 14.5 Å². The Morgan fingerprint density at radius 3 is 2.71 bits per heavy atom. The molecule has 0 saturated carbocycles. The standard InChI is InChI=1S/C19H19F2N5O2/c1-12(25-18(27)14-4-2-3-5-17(14)22)19(28,9-26-11-23-10-24-26)15-7-6-13(20)8-16(15)21/h2-8,10-12,28H,9,22H2,1H3,(H,25,27)/t12-,19-/m1/s1. The molecule has 2 aromatic carbocycles. The highest BCUT2D eigenvalue weighted by Gasteiger charge is 2.40. The van der Waals surface area contributed by atoms with Gasteiger partial charge in [-0.1, -0.05) is 18.2 Å². The third-order valence-corrected chi connectivity index (χ3v) is 4.54. The number of hydrogen-bond donors (Lipinski definition) is 3. The first-order valence-corrected chi connectivity index (χ1v) is 8.47. The number of carbonyl (C=O) groups is 1. The van der Waals surface area contributed by atoms with Gasteiger partial charge in [0.2, 0.25) is 0 Å². The van der Waals surface area contributed by atoms with Crippen LogP contribution >= 0.6 is 0 Å². The molecule has 7 nitrogen and oxygen atoms in total. The first-order chi connectivity index (χ1) is 13.3. The molecule has 0 aliphatic heterocycles. The summed E-state index contributed by atoms with van der Waals surface area (Å²) in [4.78, 5) is 16.4. The summed E-state index contributed by atoms with van der Waals surface area (Å²) in [5.74, 6) is -2.26. The van der Waals surface area contributed by atoms with Crippen LogP contribution < -0.4 is 11.1 Å². The number of nitrogens with one attached hydrogen (secondary N) is 1. The molecular weight excluding hydrogens is 368 g/mol. The molecule has 0 bridgehead atoms. The molecule has 0 unspecified atom stereocenters. The van der Waals surface area contributed by atoms with E-state index in [9.17, 15) is 18.7 Å². The molecular formula is C19H19F2N5O2. The van der Waals surface area contributed by atoms with Gasteiger partial charge in [-0.05, 0) is 25.1 Å². The molecule has 2 atom stereocenters. The molecule has 1 aromatic heterocycles. The smallest absolute Gasteiger partial charge is 0.253 e. The van der Waals surface area contributed by atoms with E-state index in [1.807, 2.05) is 0 Å². The first kappa shape index (κ1) is 19.4. The van der Waals surface area contributed by atoms with Crippen molar-refractivity contribution in [3.8, 4) is 0 Å². The summed E-state index contributed by atoms with van der Waals surface area (Å²) in [5.41, 5.74) is 4.18. The van der Waals surface area contributed by atoms with Gasteiger partial charge in [0.25, 0.3) is 5.91 Å². The summed E-state index contributed by atoms with van der Waals surface area (Å²) in [7, 11) is 0. The molecule has 0 radical (unpaired) electrons. The minimum atomic E-state index is -1.94. The van der Waals surface area contributed by atoms with Gasteiger partial charge in [0.05, 0.1) is 18.2 Å². The maximum atomic E-state index is 14.5. The van der Waals surface area contributed by atoms with E-state index in [0.29, 0.717) is 6.07 Å². The Hall–Kier alpha value is -3.33. The summed E-state index contributed by atoms with van der Waals surface area (Å²) >= 11 is 0. The average Bonchev–Trinajstić information content (AvgIpc) is 3.14. The summed E-state index contributed by atoms with van der Waals surface area (Å²) < 4.78 is 29.1. The Bertz CT molecular complexity index is 980. The molecule has 1 heterocycles. The van der Waals surface area contributed by atoms with E-state index in [-0.39, 0.29) is 23.4 Å². The van der Waals surface area contributed by atoms with Crippen LogP contribution in [0, 0.1) is 11.6 Å². The van der Waals surface area contributed by atoms with Crippen molar-refractivity contribution in [2.45, 2.75) is 25.1 Å². The van der Waals surface area contributed by atoms with Crippen molar-refractivity contribution in [1.82, 2.24) is 20.1 Å². The van der Waals surface area contributed by atoms with Crippen molar-refractivity contribution < 1.29 is 18.7 Å². The third-order valence-electron chi connectivity index (χ3n) is 4.54. The second-order valence-corrected chi connectivity index (χ2v) is 6.42. The van der Waals surface area contributed by atoms with E-state index in [1.165, 1.54) is 30.3 Å². The molecule has 0 spiro atoms.